The standard InChI is InChI=1S/C18H21FN4O2/c19-16-6-4-14(5-7-16)18(25)22-10-1-3-15(13-22)17(24)20-9-12-23-11-2-8-21-23/h2,4-8,11,15H,1,3,9-10,12-13H2,(H,20,24). The zero-order chi connectivity index (χ0) is 17.6. The Balaban J connectivity index is 1.52. The van der Waals surface area contributed by atoms with Gasteiger partial charge in [0.05, 0.1) is 12.5 Å². The van der Waals surface area contributed by atoms with Crippen LogP contribution in [0.2, 0.25) is 0 Å². The lowest BCUT2D eigenvalue weighted by molar-refractivity contribution is -0.126. The molecule has 1 saturated heterocycles. The summed E-state index contributed by atoms with van der Waals surface area (Å²) >= 11 is 0. The van der Waals surface area contributed by atoms with Crippen molar-refractivity contribution in [3.8, 4) is 0 Å². The fourth-order valence-corrected chi connectivity index (χ4v) is 3.02. The Labute approximate surface area is 145 Å². The Kier molecular flexibility index (Phi) is 5.42. The van der Waals surface area contributed by atoms with Crippen LogP contribution in [-0.2, 0) is 11.3 Å². The topological polar surface area (TPSA) is 67.2 Å². The summed E-state index contributed by atoms with van der Waals surface area (Å²) in [6, 6.07) is 7.34. The Morgan fingerprint density at radius 2 is 2.08 bits per heavy atom. The Bertz CT molecular complexity index is 715. The lowest BCUT2D eigenvalue weighted by atomic mass is 9.96. The number of aromatic nitrogens is 2. The number of hydrogen-bond donors (Lipinski definition) is 1. The number of hydrogen-bond acceptors (Lipinski definition) is 3. The number of piperidine rings is 1. The van der Waals surface area contributed by atoms with Crippen molar-refractivity contribution < 1.29 is 14.0 Å². The minimum absolute atomic E-state index is 0.0382. The van der Waals surface area contributed by atoms with E-state index in [-0.39, 0.29) is 23.5 Å². The number of halogens is 1. The van der Waals surface area contributed by atoms with E-state index in [2.05, 4.69) is 10.4 Å². The minimum Gasteiger partial charge on any atom is -0.354 e. The molecule has 1 fully saturated rings. The molecule has 0 bridgehead atoms. The van der Waals surface area contributed by atoms with Gasteiger partial charge in [-0.15, -0.1) is 0 Å². The average Bonchev–Trinajstić information content (AvgIpc) is 3.15. The third kappa shape index (κ3) is 4.43. The van der Waals surface area contributed by atoms with Gasteiger partial charge in [-0.05, 0) is 43.2 Å². The summed E-state index contributed by atoms with van der Waals surface area (Å²) in [7, 11) is 0. The molecular formula is C18H21FN4O2. The Morgan fingerprint density at radius 3 is 2.80 bits per heavy atom. The first-order valence-corrected chi connectivity index (χ1v) is 8.43. The Morgan fingerprint density at radius 1 is 1.28 bits per heavy atom. The summed E-state index contributed by atoms with van der Waals surface area (Å²) in [5.74, 6) is -0.779. The second-order valence-corrected chi connectivity index (χ2v) is 6.16. The molecule has 1 aromatic carbocycles. The molecule has 132 valence electrons. The third-order valence-electron chi connectivity index (χ3n) is 4.37. The average molecular weight is 344 g/mol. The normalized spacial score (nSPS) is 17.3. The first-order chi connectivity index (χ1) is 12.1. The molecule has 1 aliphatic heterocycles. The zero-order valence-corrected chi connectivity index (χ0v) is 13.9. The van der Waals surface area contributed by atoms with E-state index in [0.29, 0.717) is 31.7 Å². The van der Waals surface area contributed by atoms with Crippen molar-refractivity contribution in [3.05, 3.63) is 54.1 Å². The second kappa shape index (κ2) is 7.92. The number of carbonyl (C=O) groups excluding carboxylic acids is 2. The van der Waals surface area contributed by atoms with Gasteiger partial charge in [0.15, 0.2) is 0 Å². The van der Waals surface area contributed by atoms with E-state index in [1.165, 1.54) is 24.3 Å². The summed E-state index contributed by atoms with van der Waals surface area (Å²) < 4.78 is 14.8. The molecule has 0 saturated carbocycles. The lowest BCUT2D eigenvalue weighted by Crippen LogP contribution is -2.45. The van der Waals surface area contributed by atoms with Crippen molar-refractivity contribution >= 4 is 11.8 Å². The molecule has 0 radical (unpaired) electrons. The number of amides is 2. The molecule has 25 heavy (non-hydrogen) atoms. The van der Waals surface area contributed by atoms with Gasteiger partial charge < -0.3 is 10.2 Å². The minimum atomic E-state index is -0.371. The SMILES string of the molecule is O=C(NCCn1cccn1)C1CCCN(C(=O)c2ccc(F)cc2)C1. The first-order valence-electron chi connectivity index (χ1n) is 8.43. The summed E-state index contributed by atoms with van der Waals surface area (Å²) in [4.78, 5) is 26.5. The van der Waals surface area contributed by atoms with Gasteiger partial charge in [0.2, 0.25) is 5.91 Å². The predicted octanol–water partition coefficient (Wildman–Crippen LogP) is 1.69. The second-order valence-electron chi connectivity index (χ2n) is 6.16. The molecule has 2 aromatic rings. The van der Waals surface area contributed by atoms with Crippen molar-refractivity contribution in [1.82, 2.24) is 20.0 Å². The summed E-state index contributed by atoms with van der Waals surface area (Å²) in [6.45, 7) is 2.13. The van der Waals surface area contributed by atoms with Gasteiger partial charge >= 0.3 is 0 Å². The van der Waals surface area contributed by atoms with E-state index >= 15 is 0 Å². The third-order valence-corrected chi connectivity index (χ3v) is 4.37. The van der Waals surface area contributed by atoms with Crippen LogP contribution in [-0.4, -0.2) is 46.1 Å². The van der Waals surface area contributed by atoms with E-state index in [9.17, 15) is 14.0 Å². The van der Waals surface area contributed by atoms with Crippen LogP contribution in [0.1, 0.15) is 23.2 Å². The van der Waals surface area contributed by atoms with Gasteiger partial charge in [-0.2, -0.15) is 5.10 Å². The summed E-state index contributed by atoms with van der Waals surface area (Å²) in [5.41, 5.74) is 0.446. The van der Waals surface area contributed by atoms with E-state index in [0.717, 1.165) is 12.8 Å². The molecule has 2 heterocycles. The van der Waals surface area contributed by atoms with Crippen LogP contribution in [0.3, 0.4) is 0 Å². The fourth-order valence-electron chi connectivity index (χ4n) is 3.02. The van der Waals surface area contributed by atoms with Crippen molar-refractivity contribution in [2.24, 2.45) is 5.92 Å². The predicted molar refractivity (Wildman–Crippen MR) is 90.3 cm³/mol. The summed E-state index contributed by atoms with van der Waals surface area (Å²) in [6.07, 6.45) is 5.09. The van der Waals surface area contributed by atoms with Gasteiger partial charge in [0.25, 0.3) is 5.91 Å². The van der Waals surface area contributed by atoms with Crippen LogP contribution >= 0.6 is 0 Å². The van der Waals surface area contributed by atoms with Gasteiger partial charge in [-0.25, -0.2) is 4.39 Å². The van der Waals surface area contributed by atoms with Crippen LogP contribution in [0.15, 0.2) is 42.7 Å². The van der Waals surface area contributed by atoms with E-state index in [1.54, 1.807) is 15.8 Å². The lowest BCUT2D eigenvalue weighted by Gasteiger charge is -2.32. The number of nitrogens with zero attached hydrogens (tertiary/aromatic N) is 3. The highest BCUT2D eigenvalue weighted by Crippen LogP contribution is 2.19. The van der Waals surface area contributed by atoms with Gasteiger partial charge in [-0.1, -0.05) is 0 Å². The highest BCUT2D eigenvalue weighted by atomic mass is 19.1. The number of carbonyl (C=O) groups is 2. The molecule has 1 aromatic heterocycles. The molecule has 1 N–H and O–H groups in total. The van der Waals surface area contributed by atoms with E-state index < -0.39 is 0 Å². The number of rotatable bonds is 5. The largest absolute Gasteiger partial charge is 0.354 e. The van der Waals surface area contributed by atoms with Gasteiger partial charge in [0, 0.05) is 37.6 Å². The molecule has 2 amide bonds. The first kappa shape index (κ1) is 17.1. The Hall–Kier alpha value is -2.70. The zero-order valence-electron chi connectivity index (χ0n) is 13.9. The highest BCUT2D eigenvalue weighted by Gasteiger charge is 2.28. The molecule has 0 spiro atoms. The molecular weight excluding hydrogens is 323 g/mol. The van der Waals surface area contributed by atoms with Crippen LogP contribution in [0.4, 0.5) is 4.39 Å². The molecule has 1 atom stereocenters. The van der Waals surface area contributed by atoms with Crippen molar-refractivity contribution in [1.29, 1.82) is 0 Å². The fraction of sp³-hybridized carbons (Fsp3) is 0.389. The number of likely N-dealkylation sites (tertiary alicyclic amines) is 1. The molecule has 0 aliphatic carbocycles. The maximum atomic E-state index is 13.0. The van der Waals surface area contributed by atoms with Gasteiger partial charge in [-0.3, -0.25) is 14.3 Å². The van der Waals surface area contributed by atoms with Crippen molar-refractivity contribution in [2.45, 2.75) is 19.4 Å². The maximum absolute atomic E-state index is 13.0. The van der Waals surface area contributed by atoms with Crippen LogP contribution in [0, 0.1) is 11.7 Å². The number of nitrogens with one attached hydrogen (secondary N) is 1. The van der Waals surface area contributed by atoms with Crippen molar-refractivity contribution in [2.75, 3.05) is 19.6 Å². The van der Waals surface area contributed by atoms with Crippen molar-refractivity contribution in [3.63, 3.8) is 0 Å². The van der Waals surface area contributed by atoms with E-state index in [4.69, 9.17) is 0 Å². The molecule has 1 aliphatic rings. The van der Waals surface area contributed by atoms with Crippen LogP contribution in [0.25, 0.3) is 0 Å². The quantitative estimate of drug-likeness (QED) is 0.898. The monoisotopic (exact) mass is 344 g/mol. The van der Waals surface area contributed by atoms with Crippen LogP contribution < -0.4 is 5.32 Å². The van der Waals surface area contributed by atoms with Gasteiger partial charge in [0.1, 0.15) is 5.82 Å². The maximum Gasteiger partial charge on any atom is 0.253 e. The number of benzene rings is 1. The molecule has 1 unspecified atom stereocenters. The molecule has 3 rings (SSSR count). The highest BCUT2D eigenvalue weighted by molar-refractivity contribution is 5.94. The smallest absolute Gasteiger partial charge is 0.253 e. The molecule has 7 heteroatoms. The van der Waals surface area contributed by atoms with E-state index in [1.807, 2.05) is 12.3 Å². The summed E-state index contributed by atoms with van der Waals surface area (Å²) in [5, 5.41) is 7.00. The van der Waals surface area contributed by atoms with Crippen LogP contribution in [0.5, 0.6) is 0 Å². The molecule has 6 nitrogen and oxygen atoms in total.